The number of fused-ring (bicyclic) bond motifs is 1. The molecule has 2 aromatic rings. The highest BCUT2D eigenvalue weighted by molar-refractivity contribution is 7.61. The van der Waals surface area contributed by atoms with Crippen molar-refractivity contribution < 1.29 is 45.8 Å². The Bertz CT molecular complexity index is 960. The molecule has 14 nitrogen and oxygen atoms in total. The lowest BCUT2D eigenvalue weighted by Gasteiger charge is -2.15. The molecule has 2 aromatic heterocycles. The molecule has 1 aliphatic heterocycles. The van der Waals surface area contributed by atoms with Gasteiger partial charge in [0.2, 0.25) is 0 Å². The average molecular weight is 459 g/mol. The minimum Gasteiger partial charge on any atom is -0.382 e. The highest BCUT2D eigenvalue weighted by atomic mass is 31.3. The van der Waals surface area contributed by atoms with Crippen LogP contribution in [0.1, 0.15) is 12.6 Å². The Labute approximate surface area is 157 Å². The van der Waals surface area contributed by atoms with E-state index in [0.717, 1.165) is 0 Å². The second-order valence-electron chi connectivity index (χ2n) is 5.37. The lowest BCUT2D eigenvalue weighted by molar-refractivity contribution is -0.0315. The van der Waals surface area contributed by atoms with E-state index in [2.05, 4.69) is 23.6 Å². The summed E-state index contributed by atoms with van der Waals surface area (Å²) in [6.07, 6.45) is -1.16. The van der Waals surface area contributed by atoms with E-state index in [-0.39, 0.29) is 23.4 Å². The predicted octanol–water partition coefficient (Wildman–Crippen LogP) is 1.49. The van der Waals surface area contributed by atoms with Gasteiger partial charge in [-0.3, -0.25) is 9.46 Å². The van der Waals surface area contributed by atoms with Crippen LogP contribution < -0.4 is 5.73 Å². The zero-order valence-electron chi connectivity index (χ0n) is 13.6. The van der Waals surface area contributed by atoms with Gasteiger partial charge in [-0.2, -0.15) is 0 Å². The molecule has 1 saturated heterocycles. The average Bonchev–Trinajstić information content (AvgIpc) is 3.15. The van der Waals surface area contributed by atoms with Crippen molar-refractivity contribution in [3.8, 4) is 0 Å². The summed E-state index contributed by atoms with van der Waals surface area (Å²) < 4.78 is 66.7. The third kappa shape index (κ3) is 4.90. The van der Waals surface area contributed by atoms with Gasteiger partial charge in [0, 0.05) is 24.2 Å². The first kappa shape index (κ1) is 21.2. The molecule has 4 N–H and O–H groups in total. The first-order valence-corrected chi connectivity index (χ1v) is 11.1. The normalized spacial score (nSPS) is 25.6. The molecular weight excluding hydrogens is 446 g/mol. The number of halogens is 1. The second kappa shape index (κ2) is 8.46. The van der Waals surface area contributed by atoms with Gasteiger partial charge in [0.05, 0.1) is 12.4 Å². The van der Waals surface area contributed by atoms with E-state index in [1.807, 2.05) is 0 Å². The third-order valence-corrected chi connectivity index (χ3v) is 6.60. The summed E-state index contributed by atoms with van der Waals surface area (Å²) in [6, 6.07) is 0. The Hall–Kier alpha value is -1.53. The smallest absolute Gasteiger partial charge is 0.382 e. The number of nitrogen functional groups attached to an aromatic ring is 1. The summed E-state index contributed by atoms with van der Waals surface area (Å²) in [5.41, 5.74) is 6.21. The van der Waals surface area contributed by atoms with Crippen LogP contribution in [-0.4, -0.2) is 48.2 Å². The van der Waals surface area contributed by atoms with Crippen molar-refractivity contribution in [2.24, 2.45) is 0 Å². The standard InChI is InChI=1S/C10H11FN5O9P3/c11-6-1-5(2-22-27(19)25-28(20,21)24-26(17)18)23-10(6)16-4-15-7-8(12)13-3-14-9(7)16/h3-6,10H,1-2H2,(H2-2,12,13,14,17,18,20,21)/p+2/t5-,6+,10+/m0/s1. The number of imidazole rings is 1. The highest BCUT2D eigenvalue weighted by Crippen LogP contribution is 2.57. The Morgan fingerprint density at radius 1 is 1.39 bits per heavy atom. The number of hydrogen-bond donors (Lipinski definition) is 3. The molecule has 3 rings (SSSR count). The number of ether oxygens (including phenoxy) is 1. The van der Waals surface area contributed by atoms with Crippen molar-refractivity contribution in [3.05, 3.63) is 12.7 Å². The lowest BCUT2D eigenvalue weighted by atomic mass is 10.2. The highest BCUT2D eigenvalue weighted by Gasteiger charge is 2.46. The molecule has 3 unspecified atom stereocenters. The van der Waals surface area contributed by atoms with Gasteiger partial charge >= 0.3 is 24.3 Å². The number of phosphoric acid groups is 1. The SMILES string of the molecule is Nc1ncnc2c1ncn2[C@@H]1O[C@H](CO[P+](=O)OP(=O)(O)O[P+](=O)O)C[C@H]1F. The van der Waals surface area contributed by atoms with Crippen LogP contribution in [0.15, 0.2) is 12.7 Å². The van der Waals surface area contributed by atoms with Crippen molar-refractivity contribution in [1.29, 1.82) is 0 Å². The van der Waals surface area contributed by atoms with Gasteiger partial charge in [0.25, 0.3) is 0 Å². The Morgan fingerprint density at radius 2 is 2.14 bits per heavy atom. The Balaban J connectivity index is 1.59. The van der Waals surface area contributed by atoms with E-state index in [9.17, 15) is 18.1 Å². The number of anilines is 1. The molecule has 0 radical (unpaired) electrons. The molecule has 3 heterocycles. The maximum atomic E-state index is 14.4. The summed E-state index contributed by atoms with van der Waals surface area (Å²) in [7, 11) is -11.7. The Morgan fingerprint density at radius 3 is 2.86 bits per heavy atom. The van der Waals surface area contributed by atoms with Crippen molar-refractivity contribution in [3.63, 3.8) is 0 Å². The topological polar surface area (TPSA) is 198 Å². The molecule has 0 spiro atoms. The van der Waals surface area contributed by atoms with Crippen molar-refractivity contribution in [2.75, 3.05) is 12.3 Å². The predicted molar refractivity (Wildman–Crippen MR) is 88.5 cm³/mol. The quantitative estimate of drug-likeness (QED) is 0.480. The van der Waals surface area contributed by atoms with Gasteiger partial charge in [0.1, 0.15) is 24.6 Å². The van der Waals surface area contributed by atoms with Crippen LogP contribution in [0.2, 0.25) is 0 Å². The van der Waals surface area contributed by atoms with Crippen LogP contribution in [0, 0.1) is 0 Å². The fourth-order valence-electron chi connectivity index (χ4n) is 2.46. The third-order valence-electron chi connectivity index (χ3n) is 3.50. The van der Waals surface area contributed by atoms with Gasteiger partial charge in [-0.05, 0) is 0 Å². The number of nitrogens with zero attached hydrogens (tertiary/aromatic N) is 4. The Kier molecular flexibility index (Phi) is 6.40. The van der Waals surface area contributed by atoms with Gasteiger partial charge in [-0.25, -0.2) is 23.9 Å². The van der Waals surface area contributed by atoms with Crippen LogP contribution in [0.5, 0.6) is 0 Å². The second-order valence-corrected chi connectivity index (χ2v) is 8.80. The molecule has 18 heteroatoms. The minimum absolute atomic E-state index is 0.117. The molecule has 0 amide bonds. The van der Waals surface area contributed by atoms with Crippen LogP contribution >= 0.6 is 24.3 Å². The zero-order valence-corrected chi connectivity index (χ0v) is 16.3. The lowest BCUT2D eigenvalue weighted by Crippen LogP contribution is -2.17. The van der Waals surface area contributed by atoms with Gasteiger partial charge < -0.3 is 10.5 Å². The van der Waals surface area contributed by atoms with E-state index < -0.39 is 49.4 Å². The minimum atomic E-state index is -5.06. The molecule has 152 valence electrons. The van der Waals surface area contributed by atoms with Crippen molar-refractivity contribution >= 4 is 41.3 Å². The molecule has 1 fully saturated rings. The molecule has 6 atom stereocenters. The van der Waals surface area contributed by atoms with Gasteiger partial charge in [0.15, 0.2) is 17.7 Å². The summed E-state index contributed by atoms with van der Waals surface area (Å²) in [5, 5.41) is 0. The van der Waals surface area contributed by atoms with Crippen LogP contribution in [0.4, 0.5) is 10.2 Å². The fourth-order valence-corrected chi connectivity index (χ4v) is 4.71. The number of nitrogens with two attached hydrogens (primary N) is 1. The molecule has 28 heavy (non-hydrogen) atoms. The van der Waals surface area contributed by atoms with Crippen molar-refractivity contribution in [1.82, 2.24) is 19.5 Å². The first-order valence-electron chi connectivity index (χ1n) is 7.37. The molecule has 0 saturated carbocycles. The number of hydrogen-bond acceptors (Lipinski definition) is 11. The first-order chi connectivity index (χ1) is 13.2. The van der Waals surface area contributed by atoms with Crippen molar-refractivity contribution in [2.45, 2.75) is 24.9 Å². The largest absolute Gasteiger partial charge is 0.708 e. The number of rotatable bonds is 8. The summed E-state index contributed by atoms with van der Waals surface area (Å²) in [5.74, 6) is 0.117. The molecule has 0 aliphatic carbocycles. The van der Waals surface area contributed by atoms with E-state index in [1.165, 1.54) is 17.2 Å². The zero-order chi connectivity index (χ0) is 20.5. The van der Waals surface area contributed by atoms with Crippen LogP contribution in [0.3, 0.4) is 0 Å². The summed E-state index contributed by atoms with van der Waals surface area (Å²) in [6.45, 7) is -0.457. The molecule has 1 aliphatic rings. The van der Waals surface area contributed by atoms with Gasteiger partial charge in [-0.1, -0.05) is 0 Å². The summed E-state index contributed by atoms with van der Waals surface area (Å²) in [4.78, 5) is 29.2. The maximum absolute atomic E-state index is 14.4. The maximum Gasteiger partial charge on any atom is 0.708 e. The molecule has 0 bridgehead atoms. The van der Waals surface area contributed by atoms with Crippen LogP contribution in [0.25, 0.3) is 11.2 Å². The van der Waals surface area contributed by atoms with E-state index in [4.69, 9.17) is 24.8 Å². The fraction of sp³-hybridized carbons (Fsp3) is 0.500. The summed E-state index contributed by atoms with van der Waals surface area (Å²) >= 11 is 0. The van der Waals surface area contributed by atoms with Gasteiger partial charge in [-0.15, -0.1) is 9.42 Å². The molecular formula is C10H13FN5O9P3+2. The van der Waals surface area contributed by atoms with E-state index >= 15 is 0 Å². The molecule has 0 aromatic carbocycles. The number of alkyl halides is 1. The monoisotopic (exact) mass is 459 g/mol. The van der Waals surface area contributed by atoms with E-state index in [1.54, 1.807) is 0 Å². The number of aromatic nitrogens is 4. The van der Waals surface area contributed by atoms with Crippen LogP contribution in [-0.2, 0) is 31.6 Å². The van der Waals surface area contributed by atoms with E-state index in [0.29, 0.717) is 0 Å².